The predicted molar refractivity (Wildman–Crippen MR) is 57.8 cm³/mol. The minimum Gasteiger partial charge on any atom is -0.384 e. The highest BCUT2D eigenvalue weighted by Gasteiger charge is 2.29. The molecule has 2 atom stereocenters. The number of aliphatic hydroxyl groups excluding tert-OH is 1. The number of hydrogen-bond acceptors (Lipinski definition) is 5. The molecule has 2 heterocycles. The summed E-state index contributed by atoms with van der Waals surface area (Å²) in [6, 6.07) is 0. The molecule has 0 aromatic carbocycles. The second kappa shape index (κ2) is 4.90. The van der Waals surface area contributed by atoms with Crippen LogP contribution in [0.5, 0.6) is 0 Å². The molecule has 6 nitrogen and oxygen atoms in total. The first-order valence-corrected chi connectivity index (χ1v) is 5.59. The predicted octanol–water partition coefficient (Wildman–Crippen LogP) is -0.431. The Morgan fingerprint density at radius 2 is 2.50 bits per heavy atom. The number of aromatic nitrogens is 3. The highest BCUT2D eigenvalue weighted by molar-refractivity contribution is 5.02. The minimum atomic E-state index is -0.658. The first kappa shape index (κ1) is 11.5. The summed E-state index contributed by atoms with van der Waals surface area (Å²) in [5.74, 6) is 0. The second-order valence-electron chi connectivity index (χ2n) is 4.03. The van der Waals surface area contributed by atoms with Gasteiger partial charge in [-0.2, -0.15) is 0 Å². The fraction of sp³-hybridized carbons (Fsp3) is 0.800. The van der Waals surface area contributed by atoms with Gasteiger partial charge in [0.15, 0.2) is 0 Å². The molecule has 6 heteroatoms. The van der Waals surface area contributed by atoms with Crippen molar-refractivity contribution < 1.29 is 9.84 Å². The van der Waals surface area contributed by atoms with Crippen molar-refractivity contribution in [2.75, 3.05) is 26.2 Å². The van der Waals surface area contributed by atoms with Crippen molar-refractivity contribution in [1.82, 2.24) is 19.9 Å². The van der Waals surface area contributed by atoms with Gasteiger partial charge in [0.2, 0.25) is 0 Å². The molecule has 16 heavy (non-hydrogen) atoms. The molecule has 1 aliphatic rings. The van der Waals surface area contributed by atoms with Crippen LogP contribution < -0.4 is 0 Å². The Balaban J connectivity index is 2.04. The van der Waals surface area contributed by atoms with Crippen LogP contribution in [0.3, 0.4) is 0 Å². The molecule has 1 N–H and O–H groups in total. The molecule has 0 radical (unpaired) electrons. The van der Waals surface area contributed by atoms with Crippen LogP contribution in [0.4, 0.5) is 0 Å². The van der Waals surface area contributed by atoms with Crippen LogP contribution in [0.1, 0.15) is 18.7 Å². The lowest BCUT2D eigenvalue weighted by Gasteiger charge is -2.34. The fourth-order valence-corrected chi connectivity index (χ4v) is 1.97. The SMILES string of the molecule is CCN1CCOC(C(O)c2cnnn2C)C1. The van der Waals surface area contributed by atoms with E-state index in [9.17, 15) is 5.11 Å². The number of ether oxygens (including phenoxy) is 1. The van der Waals surface area contributed by atoms with Crippen molar-refractivity contribution in [2.45, 2.75) is 19.1 Å². The van der Waals surface area contributed by atoms with Gasteiger partial charge in [-0.25, -0.2) is 4.68 Å². The van der Waals surface area contributed by atoms with Crippen molar-refractivity contribution in [1.29, 1.82) is 0 Å². The Morgan fingerprint density at radius 1 is 1.69 bits per heavy atom. The molecule has 1 fully saturated rings. The third kappa shape index (κ3) is 2.23. The number of morpholine rings is 1. The normalized spacial score (nSPS) is 24.6. The third-order valence-corrected chi connectivity index (χ3v) is 3.03. The van der Waals surface area contributed by atoms with Crippen LogP contribution in [0.2, 0.25) is 0 Å². The van der Waals surface area contributed by atoms with E-state index >= 15 is 0 Å². The lowest BCUT2D eigenvalue weighted by atomic mass is 10.1. The number of hydrogen-bond donors (Lipinski definition) is 1. The summed E-state index contributed by atoms with van der Waals surface area (Å²) < 4.78 is 7.17. The molecular weight excluding hydrogens is 208 g/mol. The Kier molecular flexibility index (Phi) is 3.52. The molecule has 1 aromatic heterocycles. The van der Waals surface area contributed by atoms with Gasteiger partial charge in [0.1, 0.15) is 12.2 Å². The Hall–Kier alpha value is -0.980. The van der Waals surface area contributed by atoms with Crippen LogP contribution in [-0.2, 0) is 11.8 Å². The van der Waals surface area contributed by atoms with E-state index in [2.05, 4.69) is 22.1 Å². The summed E-state index contributed by atoms with van der Waals surface area (Å²) in [5, 5.41) is 17.7. The van der Waals surface area contributed by atoms with Gasteiger partial charge in [0.05, 0.1) is 18.5 Å². The van der Waals surface area contributed by atoms with E-state index in [0.29, 0.717) is 12.3 Å². The molecule has 90 valence electrons. The zero-order valence-electron chi connectivity index (χ0n) is 9.70. The molecule has 0 bridgehead atoms. The van der Waals surface area contributed by atoms with Crippen LogP contribution in [0.15, 0.2) is 6.20 Å². The molecule has 2 rings (SSSR count). The number of likely N-dealkylation sites (N-methyl/N-ethyl adjacent to an activating group) is 1. The fourth-order valence-electron chi connectivity index (χ4n) is 1.97. The molecule has 1 aromatic rings. The summed E-state index contributed by atoms with van der Waals surface area (Å²) in [6.45, 7) is 5.45. The van der Waals surface area contributed by atoms with Gasteiger partial charge in [-0.1, -0.05) is 12.1 Å². The molecule has 2 unspecified atom stereocenters. The Labute approximate surface area is 94.8 Å². The van der Waals surface area contributed by atoms with Gasteiger partial charge < -0.3 is 9.84 Å². The lowest BCUT2D eigenvalue weighted by Crippen LogP contribution is -2.45. The lowest BCUT2D eigenvalue weighted by molar-refractivity contribution is -0.0910. The van der Waals surface area contributed by atoms with E-state index in [1.165, 1.54) is 0 Å². The monoisotopic (exact) mass is 226 g/mol. The minimum absolute atomic E-state index is 0.189. The maximum atomic E-state index is 10.2. The van der Waals surface area contributed by atoms with E-state index in [4.69, 9.17) is 4.74 Å². The summed E-state index contributed by atoms with van der Waals surface area (Å²) in [5.41, 5.74) is 0.697. The number of aliphatic hydroxyl groups is 1. The van der Waals surface area contributed by atoms with Crippen LogP contribution in [0.25, 0.3) is 0 Å². The highest BCUT2D eigenvalue weighted by Crippen LogP contribution is 2.20. The zero-order valence-corrected chi connectivity index (χ0v) is 9.70. The van der Waals surface area contributed by atoms with Crippen LogP contribution in [0, 0.1) is 0 Å². The summed E-state index contributed by atoms with van der Waals surface area (Å²) in [4.78, 5) is 2.27. The van der Waals surface area contributed by atoms with Crippen molar-refractivity contribution in [2.24, 2.45) is 7.05 Å². The molecule has 0 saturated carbocycles. The molecular formula is C10H18N4O2. The second-order valence-corrected chi connectivity index (χ2v) is 4.03. The molecule has 0 amide bonds. The van der Waals surface area contributed by atoms with Gasteiger partial charge in [0, 0.05) is 20.1 Å². The average molecular weight is 226 g/mol. The summed E-state index contributed by atoms with van der Waals surface area (Å²) in [6.07, 6.45) is 0.735. The number of nitrogens with zero attached hydrogens (tertiary/aromatic N) is 4. The first-order chi connectivity index (χ1) is 7.72. The summed E-state index contributed by atoms with van der Waals surface area (Å²) >= 11 is 0. The first-order valence-electron chi connectivity index (χ1n) is 5.59. The molecule has 1 saturated heterocycles. The Bertz CT molecular complexity index is 341. The van der Waals surface area contributed by atoms with Gasteiger partial charge in [-0.05, 0) is 6.54 Å². The van der Waals surface area contributed by atoms with Crippen molar-refractivity contribution in [3.8, 4) is 0 Å². The van der Waals surface area contributed by atoms with Gasteiger partial charge in [-0.15, -0.1) is 5.10 Å². The van der Waals surface area contributed by atoms with Crippen molar-refractivity contribution >= 4 is 0 Å². The molecule has 1 aliphatic heterocycles. The van der Waals surface area contributed by atoms with E-state index in [0.717, 1.165) is 19.6 Å². The van der Waals surface area contributed by atoms with E-state index in [-0.39, 0.29) is 6.10 Å². The highest BCUT2D eigenvalue weighted by atomic mass is 16.5. The average Bonchev–Trinajstić information content (AvgIpc) is 2.74. The van der Waals surface area contributed by atoms with E-state index in [1.807, 2.05) is 0 Å². The van der Waals surface area contributed by atoms with Crippen LogP contribution in [-0.4, -0.2) is 57.3 Å². The molecule has 0 aliphatic carbocycles. The van der Waals surface area contributed by atoms with Gasteiger partial charge in [-0.3, -0.25) is 4.90 Å². The van der Waals surface area contributed by atoms with Gasteiger partial charge >= 0.3 is 0 Å². The zero-order chi connectivity index (χ0) is 11.5. The van der Waals surface area contributed by atoms with Gasteiger partial charge in [0.25, 0.3) is 0 Å². The van der Waals surface area contributed by atoms with Crippen molar-refractivity contribution in [3.05, 3.63) is 11.9 Å². The summed E-state index contributed by atoms with van der Waals surface area (Å²) in [7, 11) is 1.77. The van der Waals surface area contributed by atoms with Crippen LogP contribution >= 0.6 is 0 Å². The van der Waals surface area contributed by atoms with Crippen molar-refractivity contribution in [3.63, 3.8) is 0 Å². The Morgan fingerprint density at radius 3 is 3.12 bits per heavy atom. The topological polar surface area (TPSA) is 63.4 Å². The maximum absolute atomic E-state index is 10.2. The third-order valence-electron chi connectivity index (χ3n) is 3.03. The van der Waals surface area contributed by atoms with E-state index in [1.54, 1.807) is 17.9 Å². The quantitative estimate of drug-likeness (QED) is 0.757. The standard InChI is InChI=1S/C10H18N4O2/c1-3-14-4-5-16-9(7-14)10(15)8-6-11-12-13(8)2/h6,9-10,15H,3-5,7H2,1-2H3. The molecule has 0 spiro atoms. The number of rotatable bonds is 3. The maximum Gasteiger partial charge on any atom is 0.125 e. The van der Waals surface area contributed by atoms with E-state index < -0.39 is 6.10 Å². The number of aryl methyl sites for hydroxylation is 1. The smallest absolute Gasteiger partial charge is 0.125 e. The largest absolute Gasteiger partial charge is 0.384 e.